The van der Waals surface area contributed by atoms with Gasteiger partial charge in [0.15, 0.2) is 0 Å². The molecule has 1 fully saturated rings. The fourth-order valence-corrected chi connectivity index (χ4v) is 5.13. The molecule has 0 amide bonds. The zero-order chi connectivity index (χ0) is 14.8. The number of thiophene rings is 1. The minimum atomic E-state index is -3.43. The Kier molecular flexibility index (Phi) is 6.64. The number of nitrogens with one attached hydrogen (secondary N) is 2. The van der Waals surface area contributed by atoms with Gasteiger partial charge in [0, 0.05) is 18.5 Å². The lowest BCUT2D eigenvalue weighted by Gasteiger charge is -2.28. The first-order valence-corrected chi connectivity index (χ1v) is 8.99. The summed E-state index contributed by atoms with van der Waals surface area (Å²) in [6, 6.07) is 1.73. The Hall–Kier alpha value is -0.180. The zero-order valence-electron chi connectivity index (χ0n) is 12.6. The van der Waals surface area contributed by atoms with E-state index in [9.17, 15) is 8.42 Å². The molecule has 0 saturated carbocycles. The molecule has 1 aliphatic rings. The molecular formula is C13H23ClN2O3S2. The number of rotatable bonds is 6. The van der Waals surface area contributed by atoms with Crippen LogP contribution < -0.4 is 10.0 Å². The maximum absolute atomic E-state index is 12.3. The summed E-state index contributed by atoms with van der Waals surface area (Å²) in [5.74, 6) is 0. The highest BCUT2D eigenvalue weighted by atomic mass is 35.5. The predicted octanol–water partition coefficient (Wildman–Crippen LogP) is 1.83. The predicted molar refractivity (Wildman–Crippen MR) is 88.1 cm³/mol. The van der Waals surface area contributed by atoms with Crippen LogP contribution in [0.25, 0.3) is 0 Å². The molecule has 0 bridgehead atoms. The molecule has 2 N–H and O–H groups in total. The summed E-state index contributed by atoms with van der Waals surface area (Å²) >= 11 is 1.31. The highest BCUT2D eigenvalue weighted by Crippen LogP contribution is 2.26. The van der Waals surface area contributed by atoms with E-state index in [2.05, 4.69) is 10.0 Å². The van der Waals surface area contributed by atoms with E-state index in [0.29, 0.717) is 17.4 Å². The maximum Gasteiger partial charge on any atom is 0.250 e. The fourth-order valence-electron chi connectivity index (χ4n) is 2.45. The highest BCUT2D eigenvalue weighted by molar-refractivity contribution is 7.91. The van der Waals surface area contributed by atoms with Gasteiger partial charge in [0.1, 0.15) is 4.21 Å². The van der Waals surface area contributed by atoms with E-state index in [-0.39, 0.29) is 17.9 Å². The van der Waals surface area contributed by atoms with Crippen molar-refractivity contribution in [1.29, 1.82) is 0 Å². The summed E-state index contributed by atoms with van der Waals surface area (Å²) in [7, 11) is -1.79. The lowest BCUT2D eigenvalue weighted by atomic mass is 9.99. The van der Waals surface area contributed by atoms with E-state index in [1.807, 2.05) is 13.8 Å². The molecule has 0 aromatic carbocycles. The second kappa shape index (κ2) is 7.39. The van der Waals surface area contributed by atoms with E-state index in [4.69, 9.17) is 4.74 Å². The summed E-state index contributed by atoms with van der Waals surface area (Å²) in [4.78, 5) is 1.04. The van der Waals surface area contributed by atoms with Gasteiger partial charge < -0.3 is 10.1 Å². The van der Waals surface area contributed by atoms with Gasteiger partial charge in [-0.05, 0) is 44.9 Å². The Labute approximate surface area is 136 Å². The van der Waals surface area contributed by atoms with Crippen LogP contribution in [0.15, 0.2) is 10.3 Å². The number of sulfonamides is 1. The van der Waals surface area contributed by atoms with Crippen molar-refractivity contribution < 1.29 is 13.2 Å². The van der Waals surface area contributed by atoms with Gasteiger partial charge in [0.25, 0.3) is 0 Å². The molecule has 1 atom stereocenters. The quantitative estimate of drug-likeness (QED) is 0.818. The van der Waals surface area contributed by atoms with Crippen LogP contribution in [0, 0.1) is 13.8 Å². The largest absolute Gasteiger partial charge is 0.383 e. The van der Waals surface area contributed by atoms with Crippen molar-refractivity contribution in [3.63, 3.8) is 0 Å². The molecule has 0 radical (unpaired) electrons. The second-order valence-electron chi connectivity index (χ2n) is 5.37. The second-order valence-corrected chi connectivity index (χ2v) is 8.62. The van der Waals surface area contributed by atoms with Crippen LogP contribution in [0.4, 0.5) is 0 Å². The molecule has 1 aromatic rings. The average Bonchev–Trinajstić information content (AvgIpc) is 2.97. The van der Waals surface area contributed by atoms with Crippen molar-refractivity contribution in [1.82, 2.24) is 10.0 Å². The van der Waals surface area contributed by atoms with Crippen molar-refractivity contribution in [2.75, 3.05) is 26.8 Å². The Balaban J connectivity index is 0.00000220. The zero-order valence-corrected chi connectivity index (χ0v) is 15.0. The number of ether oxygens (including phenoxy) is 1. The molecule has 21 heavy (non-hydrogen) atoms. The van der Waals surface area contributed by atoms with Crippen molar-refractivity contribution >= 4 is 33.8 Å². The van der Waals surface area contributed by atoms with Crippen LogP contribution in [-0.4, -0.2) is 40.8 Å². The lowest BCUT2D eigenvalue weighted by Crippen LogP contribution is -2.52. The maximum atomic E-state index is 12.3. The third kappa shape index (κ3) is 4.40. The highest BCUT2D eigenvalue weighted by Gasteiger charge is 2.35. The topological polar surface area (TPSA) is 67.4 Å². The summed E-state index contributed by atoms with van der Waals surface area (Å²) in [6.07, 6.45) is 1.97. The lowest BCUT2D eigenvalue weighted by molar-refractivity contribution is 0.122. The standard InChI is InChI=1S/C13H22N2O3S2.ClH/c1-10-7-12(19-11(10)2)20(16,17)15-8-13(9-18-3)5-4-6-14-13;/h7,14-15H,4-6,8-9H2,1-3H3;1H. The Bertz CT molecular complexity index is 546. The van der Waals surface area contributed by atoms with Crippen LogP contribution in [0.1, 0.15) is 23.3 Å². The summed E-state index contributed by atoms with van der Waals surface area (Å²) in [5.41, 5.74) is 0.740. The Morgan fingerprint density at radius 3 is 2.67 bits per heavy atom. The molecule has 122 valence electrons. The minimum Gasteiger partial charge on any atom is -0.383 e. The van der Waals surface area contributed by atoms with E-state index < -0.39 is 10.0 Å². The molecular weight excluding hydrogens is 332 g/mol. The normalized spacial score (nSPS) is 22.2. The number of hydrogen-bond acceptors (Lipinski definition) is 5. The molecule has 1 aromatic heterocycles. The molecule has 2 heterocycles. The van der Waals surface area contributed by atoms with Gasteiger partial charge in [-0.2, -0.15) is 0 Å². The summed E-state index contributed by atoms with van der Waals surface area (Å²) in [6.45, 7) is 5.64. The molecule has 8 heteroatoms. The first-order valence-electron chi connectivity index (χ1n) is 6.69. The smallest absolute Gasteiger partial charge is 0.250 e. The van der Waals surface area contributed by atoms with E-state index in [0.717, 1.165) is 29.8 Å². The summed E-state index contributed by atoms with van der Waals surface area (Å²) < 4.78 is 33.0. The van der Waals surface area contributed by atoms with Gasteiger partial charge in [-0.15, -0.1) is 23.7 Å². The number of aryl methyl sites for hydroxylation is 2. The number of hydrogen-bond donors (Lipinski definition) is 2. The van der Waals surface area contributed by atoms with Gasteiger partial charge in [0.05, 0.1) is 12.1 Å². The molecule has 2 rings (SSSR count). The van der Waals surface area contributed by atoms with Gasteiger partial charge >= 0.3 is 0 Å². The van der Waals surface area contributed by atoms with Crippen molar-refractivity contribution in [3.05, 3.63) is 16.5 Å². The van der Waals surface area contributed by atoms with Crippen molar-refractivity contribution in [3.8, 4) is 0 Å². The van der Waals surface area contributed by atoms with Crippen molar-refractivity contribution in [2.45, 2.75) is 36.4 Å². The number of methoxy groups -OCH3 is 1. The SMILES string of the molecule is COCC1(CNS(=O)(=O)c2cc(C)c(C)s2)CCCN1.Cl. The first kappa shape index (κ1) is 18.9. The molecule has 1 saturated heterocycles. The van der Waals surface area contributed by atoms with Gasteiger partial charge in [0.2, 0.25) is 10.0 Å². The molecule has 1 unspecified atom stereocenters. The minimum absolute atomic E-state index is 0. The molecule has 0 aliphatic carbocycles. The molecule has 1 aliphatic heterocycles. The average molecular weight is 355 g/mol. The van der Waals surface area contributed by atoms with Crippen LogP contribution in [0.3, 0.4) is 0 Å². The van der Waals surface area contributed by atoms with Crippen LogP contribution in [-0.2, 0) is 14.8 Å². The first-order chi connectivity index (χ1) is 9.38. The third-order valence-corrected chi connectivity index (χ3v) is 6.79. The monoisotopic (exact) mass is 354 g/mol. The van der Waals surface area contributed by atoms with Gasteiger partial charge in [-0.3, -0.25) is 0 Å². The Morgan fingerprint density at radius 1 is 1.48 bits per heavy atom. The van der Waals surface area contributed by atoms with Crippen molar-refractivity contribution in [2.24, 2.45) is 0 Å². The van der Waals surface area contributed by atoms with Gasteiger partial charge in [-0.25, -0.2) is 13.1 Å². The Morgan fingerprint density at radius 2 is 2.19 bits per heavy atom. The van der Waals surface area contributed by atoms with E-state index >= 15 is 0 Å². The third-order valence-electron chi connectivity index (χ3n) is 3.76. The molecule has 0 spiro atoms. The van der Waals surface area contributed by atoms with Gasteiger partial charge in [-0.1, -0.05) is 0 Å². The number of halogens is 1. The van der Waals surface area contributed by atoms with Crippen LogP contribution in [0.2, 0.25) is 0 Å². The van der Waals surface area contributed by atoms with E-state index in [1.165, 1.54) is 11.3 Å². The van der Waals surface area contributed by atoms with Crippen LogP contribution >= 0.6 is 23.7 Å². The fraction of sp³-hybridized carbons (Fsp3) is 0.692. The van der Waals surface area contributed by atoms with Crippen LogP contribution in [0.5, 0.6) is 0 Å². The van der Waals surface area contributed by atoms with E-state index in [1.54, 1.807) is 13.2 Å². The molecule has 5 nitrogen and oxygen atoms in total. The summed E-state index contributed by atoms with van der Waals surface area (Å²) in [5, 5.41) is 3.36.